The van der Waals surface area contributed by atoms with Crippen molar-refractivity contribution in [2.75, 3.05) is 19.7 Å². The number of aliphatic carboxylic acids is 1. The molecule has 1 unspecified atom stereocenters. The quantitative estimate of drug-likeness (QED) is 0.779. The predicted octanol–water partition coefficient (Wildman–Crippen LogP) is 3.11. The van der Waals surface area contributed by atoms with Crippen LogP contribution in [0.15, 0.2) is 24.3 Å². The van der Waals surface area contributed by atoms with Crippen LogP contribution in [0.1, 0.15) is 38.7 Å². The van der Waals surface area contributed by atoms with Crippen LogP contribution < -0.4 is 4.74 Å². The molecule has 0 bridgehead atoms. The summed E-state index contributed by atoms with van der Waals surface area (Å²) in [7, 11) is 0. The maximum atomic E-state index is 12.3. The lowest BCUT2D eigenvalue weighted by Crippen LogP contribution is -2.40. The molecule has 24 heavy (non-hydrogen) atoms. The van der Waals surface area contributed by atoms with Gasteiger partial charge in [0.25, 0.3) is 0 Å². The monoisotopic (exact) mass is 333 g/mol. The van der Waals surface area contributed by atoms with E-state index in [1.165, 1.54) is 0 Å². The van der Waals surface area contributed by atoms with Gasteiger partial charge in [-0.1, -0.05) is 32.0 Å². The van der Waals surface area contributed by atoms with Gasteiger partial charge in [0.05, 0.1) is 12.0 Å². The van der Waals surface area contributed by atoms with Crippen LogP contribution in [0.3, 0.4) is 0 Å². The number of carbonyl (C=O) groups is 2. The molecule has 5 nitrogen and oxygen atoms in total. The number of aryl methyl sites for hydroxylation is 1. The van der Waals surface area contributed by atoms with E-state index in [1.54, 1.807) is 4.90 Å². The van der Waals surface area contributed by atoms with Crippen molar-refractivity contribution >= 4 is 11.9 Å². The van der Waals surface area contributed by atoms with Crippen LogP contribution in [0.5, 0.6) is 5.75 Å². The van der Waals surface area contributed by atoms with Crippen molar-refractivity contribution in [1.82, 2.24) is 4.90 Å². The van der Waals surface area contributed by atoms with Crippen LogP contribution in [-0.2, 0) is 9.59 Å². The van der Waals surface area contributed by atoms with E-state index in [2.05, 4.69) is 0 Å². The SMILES string of the molecule is Cc1ccccc1OCCCC(=O)N1CCC(C(=O)O)(C(C)C)C1. The number of carbonyl (C=O) groups excluding carboxylic acids is 1. The van der Waals surface area contributed by atoms with Crippen molar-refractivity contribution in [2.24, 2.45) is 11.3 Å². The molecule has 1 fully saturated rings. The fourth-order valence-corrected chi connectivity index (χ4v) is 3.22. The number of benzene rings is 1. The normalized spacial score (nSPS) is 20.4. The van der Waals surface area contributed by atoms with E-state index in [4.69, 9.17) is 4.74 Å². The van der Waals surface area contributed by atoms with Crippen molar-refractivity contribution in [3.63, 3.8) is 0 Å². The summed E-state index contributed by atoms with van der Waals surface area (Å²) in [6.07, 6.45) is 1.55. The number of rotatable bonds is 7. The highest BCUT2D eigenvalue weighted by Crippen LogP contribution is 2.38. The number of nitrogens with zero attached hydrogens (tertiary/aromatic N) is 1. The molecule has 1 aliphatic heterocycles. The summed E-state index contributed by atoms with van der Waals surface area (Å²) in [5.74, 6) is 0.0795. The van der Waals surface area contributed by atoms with E-state index < -0.39 is 11.4 Å². The van der Waals surface area contributed by atoms with Gasteiger partial charge in [0, 0.05) is 19.5 Å². The van der Waals surface area contributed by atoms with Gasteiger partial charge >= 0.3 is 5.97 Å². The minimum absolute atomic E-state index is 0.0113. The lowest BCUT2D eigenvalue weighted by Gasteiger charge is -2.28. The lowest BCUT2D eigenvalue weighted by molar-refractivity contribution is -0.151. The van der Waals surface area contributed by atoms with E-state index in [-0.39, 0.29) is 11.8 Å². The van der Waals surface area contributed by atoms with Gasteiger partial charge in [0.15, 0.2) is 0 Å². The van der Waals surface area contributed by atoms with E-state index in [9.17, 15) is 14.7 Å². The molecule has 0 radical (unpaired) electrons. The summed E-state index contributed by atoms with van der Waals surface area (Å²) in [4.78, 5) is 25.7. The first kappa shape index (κ1) is 18.3. The average molecular weight is 333 g/mol. The number of para-hydroxylation sites is 1. The number of amides is 1. The Kier molecular flexibility index (Phi) is 5.86. The highest BCUT2D eigenvalue weighted by atomic mass is 16.5. The Morgan fingerprint density at radius 1 is 1.33 bits per heavy atom. The third-order valence-electron chi connectivity index (χ3n) is 5.07. The Morgan fingerprint density at radius 2 is 2.04 bits per heavy atom. The molecule has 0 aliphatic carbocycles. The van der Waals surface area contributed by atoms with E-state index in [0.717, 1.165) is 11.3 Å². The summed E-state index contributed by atoms with van der Waals surface area (Å²) in [6.45, 7) is 7.15. The van der Waals surface area contributed by atoms with E-state index >= 15 is 0 Å². The zero-order valence-electron chi connectivity index (χ0n) is 14.7. The molecule has 0 aromatic heterocycles. The van der Waals surface area contributed by atoms with Crippen LogP contribution in [0.25, 0.3) is 0 Å². The summed E-state index contributed by atoms with van der Waals surface area (Å²) in [6, 6.07) is 7.79. The highest BCUT2D eigenvalue weighted by molar-refractivity contribution is 5.80. The van der Waals surface area contributed by atoms with E-state index in [0.29, 0.717) is 39.0 Å². The van der Waals surface area contributed by atoms with Crippen LogP contribution in [0.2, 0.25) is 0 Å². The molecule has 1 amide bonds. The van der Waals surface area contributed by atoms with Gasteiger partial charge in [-0.05, 0) is 37.3 Å². The van der Waals surface area contributed by atoms with Gasteiger partial charge in [0.1, 0.15) is 5.75 Å². The van der Waals surface area contributed by atoms with Crippen LogP contribution in [-0.4, -0.2) is 41.6 Å². The number of carboxylic acid groups (broad SMARTS) is 1. The second kappa shape index (κ2) is 7.69. The van der Waals surface area contributed by atoms with Crippen molar-refractivity contribution < 1.29 is 19.4 Å². The number of ether oxygens (including phenoxy) is 1. The first-order valence-corrected chi connectivity index (χ1v) is 8.56. The summed E-state index contributed by atoms with van der Waals surface area (Å²) < 4.78 is 5.70. The van der Waals surface area contributed by atoms with Gasteiger partial charge in [-0.15, -0.1) is 0 Å². The largest absolute Gasteiger partial charge is 0.493 e. The minimum Gasteiger partial charge on any atom is -0.493 e. The van der Waals surface area contributed by atoms with Gasteiger partial charge in [-0.3, -0.25) is 9.59 Å². The number of likely N-dealkylation sites (tertiary alicyclic amines) is 1. The van der Waals surface area contributed by atoms with Crippen molar-refractivity contribution in [1.29, 1.82) is 0 Å². The molecule has 1 aliphatic rings. The van der Waals surface area contributed by atoms with Gasteiger partial charge in [0.2, 0.25) is 5.91 Å². The molecule has 0 spiro atoms. The fourth-order valence-electron chi connectivity index (χ4n) is 3.22. The standard InChI is InChI=1S/C19H27NO4/c1-14(2)19(18(22)23)10-11-20(13-19)17(21)9-6-12-24-16-8-5-4-7-15(16)3/h4-5,7-8,14H,6,9-13H2,1-3H3,(H,22,23). The third-order valence-corrected chi connectivity index (χ3v) is 5.07. The zero-order valence-corrected chi connectivity index (χ0v) is 14.7. The smallest absolute Gasteiger partial charge is 0.311 e. The number of hydrogen-bond donors (Lipinski definition) is 1. The molecular formula is C19H27NO4. The second-order valence-corrected chi connectivity index (χ2v) is 6.90. The molecular weight excluding hydrogens is 306 g/mol. The fraction of sp³-hybridized carbons (Fsp3) is 0.579. The molecule has 1 heterocycles. The Hall–Kier alpha value is -2.04. The van der Waals surface area contributed by atoms with Gasteiger partial charge < -0.3 is 14.7 Å². The van der Waals surface area contributed by atoms with Gasteiger partial charge in [-0.25, -0.2) is 0 Å². The summed E-state index contributed by atoms with van der Waals surface area (Å²) in [5, 5.41) is 9.54. The maximum Gasteiger partial charge on any atom is 0.311 e. The zero-order chi connectivity index (χ0) is 17.7. The Balaban J connectivity index is 1.80. The van der Waals surface area contributed by atoms with Crippen LogP contribution in [0.4, 0.5) is 0 Å². The Bertz CT molecular complexity index is 599. The molecule has 5 heteroatoms. The maximum absolute atomic E-state index is 12.3. The minimum atomic E-state index is -0.798. The second-order valence-electron chi connectivity index (χ2n) is 6.90. The molecule has 2 rings (SSSR count). The first-order chi connectivity index (χ1) is 11.4. The Morgan fingerprint density at radius 3 is 2.62 bits per heavy atom. The summed E-state index contributed by atoms with van der Waals surface area (Å²) >= 11 is 0. The molecule has 1 aromatic carbocycles. The van der Waals surface area contributed by atoms with Crippen molar-refractivity contribution in [3.8, 4) is 5.75 Å². The third kappa shape index (κ3) is 3.89. The van der Waals surface area contributed by atoms with Crippen LogP contribution >= 0.6 is 0 Å². The molecule has 1 aromatic rings. The highest BCUT2D eigenvalue weighted by Gasteiger charge is 2.48. The molecule has 132 valence electrons. The number of carboxylic acids is 1. The first-order valence-electron chi connectivity index (χ1n) is 8.56. The van der Waals surface area contributed by atoms with Gasteiger partial charge in [-0.2, -0.15) is 0 Å². The molecule has 1 N–H and O–H groups in total. The average Bonchev–Trinajstić information content (AvgIpc) is 3.00. The van der Waals surface area contributed by atoms with Crippen molar-refractivity contribution in [2.45, 2.75) is 40.0 Å². The Labute approximate surface area is 143 Å². The topological polar surface area (TPSA) is 66.8 Å². The number of hydrogen-bond acceptors (Lipinski definition) is 3. The lowest BCUT2D eigenvalue weighted by atomic mass is 9.76. The van der Waals surface area contributed by atoms with Crippen molar-refractivity contribution in [3.05, 3.63) is 29.8 Å². The van der Waals surface area contributed by atoms with E-state index in [1.807, 2.05) is 45.0 Å². The molecule has 1 saturated heterocycles. The van der Waals surface area contributed by atoms with Crippen LogP contribution in [0, 0.1) is 18.3 Å². The predicted molar refractivity (Wildman–Crippen MR) is 92.0 cm³/mol. The summed E-state index contributed by atoms with van der Waals surface area (Å²) in [5.41, 5.74) is 0.277. The molecule has 1 atom stereocenters. The molecule has 0 saturated carbocycles.